The largest absolute Gasteiger partial charge is 0.493 e. The van der Waals surface area contributed by atoms with Crippen molar-refractivity contribution in [1.82, 2.24) is 10.2 Å². The lowest BCUT2D eigenvalue weighted by Crippen LogP contribution is -2.52. The maximum absolute atomic E-state index is 12.6. The van der Waals surface area contributed by atoms with Gasteiger partial charge in [0.25, 0.3) is 5.69 Å². The van der Waals surface area contributed by atoms with Crippen LogP contribution in [0.25, 0.3) is 0 Å². The van der Waals surface area contributed by atoms with Crippen LogP contribution in [0.1, 0.15) is 31.2 Å². The van der Waals surface area contributed by atoms with Crippen LogP contribution in [0.2, 0.25) is 0 Å². The molecule has 0 bridgehead atoms. The molecule has 2 aromatic rings. The van der Waals surface area contributed by atoms with Crippen LogP contribution in [0.4, 0.5) is 16.2 Å². The van der Waals surface area contributed by atoms with Crippen LogP contribution in [0.15, 0.2) is 42.5 Å². The van der Waals surface area contributed by atoms with E-state index in [9.17, 15) is 14.9 Å². The molecule has 9 nitrogen and oxygen atoms in total. The Kier molecular flexibility index (Phi) is 6.42. The normalized spacial score (nSPS) is 24.6. The van der Waals surface area contributed by atoms with Gasteiger partial charge in [-0.3, -0.25) is 10.1 Å². The molecule has 176 valence electrons. The molecule has 0 radical (unpaired) electrons. The number of carbonyl (C=O) groups is 1. The Bertz CT molecular complexity index is 1050. The summed E-state index contributed by atoms with van der Waals surface area (Å²) >= 11 is 0. The van der Waals surface area contributed by atoms with Crippen LogP contribution in [-0.2, 0) is 5.41 Å². The van der Waals surface area contributed by atoms with E-state index in [0.717, 1.165) is 38.0 Å². The van der Waals surface area contributed by atoms with Gasteiger partial charge in [0.15, 0.2) is 11.5 Å². The Morgan fingerprint density at radius 1 is 1.15 bits per heavy atom. The van der Waals surface area contributed by atoms with Crippen molar-refractivity contribution in [1.29, 1.82) is 0 Å². The molecular formula is C24H30N4O5. The smallest absolute Gasteiger partial charge is 0.319 e. The first-order valence-corrected chi connectivity index (χ1v) is 11.1. The Balaban J connectivity index is 1.47. The number of anilines is 1. The molecule has 1 saturated carbocycles. The number of amides is 2. The zero-order valence-corrected chi connectivity index (χ0v) is 19.2. The van der Waals surface area contributed by atoms with E-state index in [2.05, 4.69) is 34.7 Å². The number of likely N-dealkylation sites (N-methyl/N-ethyl adjacent to an activating group) is 1. The molecule has 1 heterocycles. The average molecular weight is 455 g/mol. The van der Waals surface area contributed by atoms with Gasteiger partial charge < -0.3 is 25.0 Å². The summed E-state index contributed by atoms with van der Waals surface area (Å²) < 4.78 is 11.0. The number of methoxy groups -OCH3 is 2. The number of rotatable bonds is 6. The van der Waals surface area contributed by atoms with E-state index in [0.29, 0.717) is 11.4 Å². The molecule has 9 heteroatoms. The van der Waals surface area contributed by atoms with E-state index < -0.39 is 4.92 Å². The maximum atomic E-state index is 12.6. The van der Waals surface area contributed by atoms with Crippen molar-refractivity contribution in [3.8, 4) is 11.5 Å². The molecule has 0 unspecified atom stereocenters. The van der Waals surface area contributed by atoms with Crippen molar-refractivity contribution in [3.63, 3.8) is 0 Å². The first-order valence-electron chi connectivity index (χ1n) is 11.1. The number of nitro benzene ring substituents is 1. The Morgan fingerprint density at radius 3 is 2.67 bits per heavy atom. The summed E-state index contributed by atoms with van der Waals surface area (Å²) in [5.41, 5.74) is 1.59. The van der Waals surface area contributed by atoms with Gasteiger partial charge in [0.05, 0.1) is 19.1 Å². The fraction of sp³-hybridized carbons (Fsp3) is 0.458. The lowest BCUT2D eigenvalue weighted by molar-refractivity contribution is -0.384. The quantitative estimate of drug-likeness (QED) is 0.506. The summed E-state index contributed by atoms with van der Waals surface area (Å²) in [6.45, 7) is 0.992. The number of urea groups is 1. The van der Waals surface area contributed by atoms with Gasteiger partial charge in [-0.05, 0) is 63.0 Å². The summed E-state index contributed by atoms with van der Waals surface area (Å²) in [4.78, 5) is 25.5. The SMILES string of the molecule is COc1ccc([C@@]23CC[C@H](NC(=O)Nc4cccc([N+](=O)[O-])c4)C[C@H]2N(C)CC3)cc1OC. The molecule has 1 aliphatic heterocycles. The van der Waals surface area contributed by atoms with E-state index in [4.69, 9.17) is 9.47 Å². The molecule has 2 aromatic carbocycles. The van der Waals surface area contributed by atoms with Crippen LogP contribution >= 0.6 is 0 Å². The number of hydrogen-bond acceptors (Lipinski definition) is 6. The van der Waals surface area contributed by atoms with E-state index in [1.807, 2.05) is 6.07 Å². The van der Waals surface area contributed by atoms with Crippen molar-refractivity contribution >= 4 is 17.4 Å². The number of likely N-dealkylation sites (tertiary alicyclic amines) is 1. The van der Waals surface area contributed by atoms with E-state index in [1.54, 1.807) is 26.4 Å². The minimum Gasteiger partial charge on any atom is -0.493 e. The number of nitro groups is 1. The zero-order chi connectivity index (χ0) is 23.6. The molecule has 3 atom stereocenters. The minimum atomic E-state index is -0.478. The third kappa shape index (κ3) is 4.45. The lowest BCUT2D eigenvalue weighted by Gasteiger charge is -2.45. The number of hydrogen-bond donors (Lipinski definition) is 2. The molecule has 4 rings (SSSR count). The number of non-ortho nitro benzene ring substituents is 1. The molecule has 2 amide bonds. The number of nitrogens with zero attached hydrogens (tertiary/aromatic N) is 2. The summed E-state index contributed by atoms with van der Waals surface area (Å²) in [6.07, 6.45) is 3.67. The maximum Gasteiger partial charge on any atom is 0.319 e. The van der Waals surface area contributed by atoms with Crippen LogP contribution in [0.3, 0.4) is 0 Å². The monoisotopic (exact) mass is 454 g/mol. The molecule has 1 aliphatic carbocycles. The van der Waals surface area contributed by atoms with Gasteiger partial charge in [0, 0.05) is 35.3 Å². The lowest BCUT2D eigenvalue weighted by atomic mass is 9.65. The second-order valence-corrected chi connectivity index (χ2v) is 8.85. The van der Waals surface area contributed by atoms with E-state index in [1.165, 1.54) is 17.7 Å². The predicted molar refractivity (Wildman–Crippen MR) is 125 cm³/mol. The highest BCUT2D eigenvalue weighted by Gasteiger charge is 2.50. The molecule has 2 fully saturated rings. The molecule has 1 saturated heterocycles. The van der Waals surface area contributed by atoms with Crippen molar-refractivity contribution in [3.05, 3.63) is 58.1 Å². The van der Waals surface area contributed by atoms with Crippen molar-refractivity contribution in [2.45, 2.75) is 43.2 Å². The molecule has 2 aliphatic rings. The molecule has 33 heavy (non-hydrogen) atoms. The highest BCUT2D eigenvalue weighted by Crippen LogP contribution is 2.49. The summed E-state index contributed by atoms with van der Waals surface area (Å²) in [7, 11) is 5.43. The van der Waals surface area contributed by atoms with Gasteiger partial charge in [-0.2, -0.15) is 0 Å². The van der Waals surface area contributed by atoms with E-state index in [-0.39, 0.29) is 29.2 Å². The topological polar surface area (TPSA) is 106 Å². The second-order valence-electron chi connectivity index (χ2n) is 8.85. The van der Waals surface area contributed by atoms with Gasteiger partial charge in [-0.1, -0.05) is 12.1 Å². The summed E-state index contributed by atoms with van der Waals surface area (Å²) in [6, 6.07) is 12.1. The van der Waals surface area contributed by atoms with Crippen molar-refractivity contribution in [2.24, 2.45) is 0 Å². The number of benzene rings is 2. The zero-order valence-electron chi connectivity index (χ0n) is 19.2. The standard InChI is InChI=1S/C24H30N4O5/c1-27-12-11-24(16-7-8-20(32-2)21(13-16)33-3)10-9-18(15-22(24)27)26-23(29)25-17-5-4-6-19(14-17)28(30)31/h4-8,13-14,18,22H,9-12,15H2,1-3H3,(H2,25,26,29)/t18-,22+,24-/m0/s1. The van der Waals surface area contributed by atoms with Gasteiger partial charge in [0.2, 0.25) is 0 Å². The van der Waals surface area contributed by atoms with Crippen LogP contribution in [0, 0.1) is 10.1 Å². The third-order valence-corrected chi connectivity index (χ3v) is 7.14. The average Bonchev–Trinajstić information content (AvgIpc) is 3.15. The van der Waals surface area contributed by atoms with E-state index >= 15 is 0 Å². The number of ether oxygens (including phenoxy) is 2. The van der Waals surface area contributed by atoms with Gasteiger partial charge in [-0.25, -0.2) is 4.79 Å². The number of carbonyl (C=O) groups excluding carboxylic acids is 1. The third-order valence-electron chi connectivity index (χ3n) is 7.14. The second kappa shape index (κ2) is 9.27. The minimum absolute atomic E-state index is 0.00298. The van der Waals surface area contributed by atoms with Crippen molar-refractivity contribution in [2.75, 3.05) is 33.1 Å². The van der Waals surface area contributed by atoms with Gasteiger partial charge >= 0.3 is 6.03 Å². The summed E-state index contributed by atoms with van der Waals surface area (Å²) in [5.74, 6) is 1.45. The van der Waals surface area contributed by atoms with Crippen LogP contribution < -0.4 is 20.1 Å². The Morgan fingerprint density at radius 2 is 1.94 bits per heavy atom. The van der Waals surface area contributed by atoms with Gasteiger partial charge in [0.1, 0.15) is 0 Å². The first kappa shape index (κ1) is 22.8. The summed E-state index contributed by atoms with van der Waals surface area (Å²) in [5, 5.41) is 16.8. The highest BCUT2D eigenvalue weighted by molar-refractivity contribution is 5.89. The number of nitrogens with one attached hydrogen (secondary N) is 2. The van der Waals surface area contributed by atoms with Crippen molar-refractivity contribution < 1.29 is 19.2 Å². The fourth-order valence-electron chi connectivity index (χ4n) is 5.44. The molecule has 0 spiro atoms. The van der Waals surface area contributed by atoms with Gasteiger partial charge in [-0.15, -0.1) is 0 Å². The Labute approximate surface area is 193 Å². The Hall–Kier alpha value is -3.33. The molecular weight excluding hydrogens is 424 g/mol. The van der Waals surface area contributed by atoms with Crippen LogP contribution in [0.5, 0.6) is 11.5 Å². The molecule has 2 N–H and O–H groups in total. The molecule has 0 aromatic heterocycles. The fourth-order valence-corrected chi connectivity index (χ4v) is 5.44. The highest BCUT2D eigenvalue weighted by atomic mass is 16.6. The number of fused-ring (bicyclic) bond motifs is 1. The predicted octanol–water partition coefficient (Wildman–Crippen LogP) is 3.93. The first-order chi connectivity index (χ1) is 15.9. The van der Waals surface area contributed by atoms with Crippen LogP contribution in [-0.4, -0.2) is 55.8 Å².